The minimum Gasteiger partial charge on any atom is -0.491 e. The molecule has 0 aliphatic carbocycles. The lowest BCUT2D eigenvalue weighted by Gasteiger charge is -2.28. The Morgan fingerprint density at radius 2 is 1.63 bits per heavy atom. The first-order valence-electron chi connectivity index (χ1n) is 14.2. The molecule has 9 heteroatoms. The molecular formula is C34H37N3O6. The van der Waals surface area contributed by atoms with Crippen LogP contribution in [0.4, 0.5) is 21.9 Å². The second-order valence-corrected chi connectivity index (χ2v) is 9.64. The first-order valence-corrected chi connectivity index (χ1v) is 14.2. The van der Waals surface area contributed by atoms with Crippen LogP contribution in [0.25, 0.3) is 10.8 Å². The van der Waals surface area contributed by atoms with Crippen molar-refractivity contribution < 1.29 is 28.9 Å². The number of ether oxygens (including phenoxy) is 3. The van der Waals surface area contributed by atoms with Crippen LogP contribution in [0, 0.1) is 0 Å². The van der Waals surface area contributed by atoms with Crippen molar-refractivity contribution in [2.45, 2.75) is 32.0 Å². The second-order valence-electron chi connectivity index (χ2n) is 9.64. The maximum atomic E-state index is 13.3. The van der Waals surface area contributed by atoms with Crippen molar-refractivity contribution in [3.8, 4) is 5.75 Å². The Labute approximate surface area is 251 Å². The Kier molecular flexibility index (Phi) is 11.5. The van der Waals surface area contributed by atoms with Crippen molar-refractivity contribution in [1.82, 2.24) is 0 Å². The van der Waals surface area contributed by atoms with E-state index >= 15 is 0 Å². The molecule has 4 aromatic carbocycles. The first-order chi connectivity index (χ1) is 21.0. The number of hydrogen-bond acceptors (Lipinski definition) is 7. The predicted octanol–water partition coefficient (Wildman–Crippen LogP) is 6.46. The van der Waals surface area contributed by atoms with E-state index in [4.69, 9.17) is 19.9 Å². The Balaban J connectivity index is 1.53. The molecule has 4 rings (SSSR count). The number of amides is 2. The summed E-state index contributed by atoms with van der Waals surface area (Å²) in [6.45, 7) is 2.14. The summed E-state index contributed by atoms with van der Waals surface area (Å²) < 4.78 is 17.9. The van der Waals surface area contributed by atoms with Crippen LogP contribution in [0.1, 0.15) is 31.4 Å². The number of carbonyl (C=O) groups excluding carboxylic acids is 2. The van der Waals surface area contributed by atoms with Crippen LogP contribution in [0.5, 0.6) is 5.75 Å². The fourth-order valence-electron chi connectivity index (χ4n) is 4.70. The fourth-order valence-corrected chi connectivity index (χ4v) is 4.70. The quantitative estimate of drug-likeness (QED) is 0.0989. The van der Waals surface area contributed by atoms with Gasteiger partial charge in [-0.15, -0.1) is 0 Å². The standard InChI is InChI=1S/C34H37N3O6/c1-2-41-31(20-9-10-21-32(39)36-29-17-7-6-16-27(29)35)33(26-15-5-8-19-30(26)42-23-22-38)43-34(40)37-28-18-11-13-24-12-3-4-14-25(24)28/h3-8,10-19,21,31,33,38H,2,9,20,22-23,35H2,1H3,(H,36,39)(H,37,40)/b21-10+/t31-,33-/m0/s1. The van der Waals surface area contributed by atoms with Crippen LogP contribution < -0.4 is 21.1 Å². The van der Waals surface area contributed by atoms with Gasteiger partial charge < -0.3 is 30.4 Å². The normalized spacial score (nSPS) is 12.5. The van der Waals surface area contributed by atoms with Gasteiger partial charge in [0.25, 0.3) is 0 Å². The highest BCUT2D eigenvalue weighted by Crippen LogP contribution is 2.34. The van der Waals surface area contributed by atoms with Crippen LogP contribution in [-0.4, -0.2) is 43.0 Å². The van der Waals surface area contributed by atoms with Gasteiger partial charge in [-0.1, -0.05) is 72.8 Å². The molecule has 2 amide bonds. The van der Waals surface area contributed by atoms with Gasteiger partial charge in [-0.2, -0.15) is 0 Å². The van der Waals surface area contributed by atoms with Gasteiger partial charge >= 0.3 is 6.09 Å². The smallest absolute Gasteiger partial charge is 0.412 e. The SMILES string of the molecule is CCO[C@@H](CC/C=C/C(=O)Nc1ccccc1N)[C@@H](OC(=O)Nc1cccc2ccccc12)c1ccccc1OCCO. The number of allylic oxidation sites excluding steroid dienone is 1. The molecule has 0 saturated carbocycles. The van der Waals surface area contributed by atoms with E-state index in [1.165, 1.54) is 6.08 Å². The monoisotopic (exact) mass is 583 g/mol. The average molecular weight is 584 g/mol. The zero-order valence-corrected chi connectivity index (χ0v) is 24.1. The van der Waals surface area contributed by atoms with E-state index in [-0.39, 0.29) is 19.1 Å². The molecule has 0 aliphatic heterocycles. The van der Waals surface area contributed by atoms with Crippen molar-refractivity contribution in [3.05, 3.63) is 109 Å². The lowest BCUT2D eigenvalue weighted by molar-refractivity contribution is -0.111. The number of hydrogen-bond donors (Lipinski definition) is 4. The van der Waals surface area contributed by atoms with Gasteiger partial charge in [-0.05, 0) is 55.5 Å². The van der Waals surface area contributed by atoms with E-state index in [0.29, 0.717) is 47.8 Å². The molecule has 0 bridgehead atoms. The molecule has 2 atom stereocenters. The predicted molar refractivity (Wildman–Crippen MR) is 169 cm³/mol. The van der Waals surface area contributed by atoms with Gasteiger partial charge in [0.1, 0.15) is 12.4 Å². The van der Waals surface area contributed by atoms with Gasteiger partial charge in [-0.3, -0.25) is 10.1 Å². The number of nitrogen functional groups attached to an aromatic ring is 1. The van der Waals surface area contributed by atoms with Crippen molar-refractivity contribution in [1.29, 1.82) is 0 Å². The van der Waals surface area contributed by atoms with E-state index < -0.39 is 18.3 Å². The van der Waals surface area contributed by atoms with Crippen LogP contribution in [0.15, 0.2) is 103 Å². The van der Waals surface area contributed by atoms with Gasteiger partial charge in [0, 0.05) is 17.6 Å². The van der Waals surface area contributed by atoms with E-state index in [0.717, 1.165) is 10.8 Å². The largest absolute Gasteiger partial charge is 0.491 e. The lowest BCUT2D eigenvalue weighted by Crippen LogP contribution is -2.29. The van der Waals surface area contributed by atoms with Crippen LogP contribution >= 0.6 is 0 Å². The molecule has 5 N–H and O–H groups in total. The number of rotatable bonds is 14. The average Bonchev–Trinajstić information content (AvgIpc) is 3.02. The van der Waals surface area contributed by atoms with Crippen molar-refractivity contribution in [3.63, 3.8) is 0 Å². The summed E-state index contributed by atoms with van der Waals surface area (Å²) in [5, 5.41) is 16.9. The number of fused-ring (bicyclic) bond motifs is 1. The van der Waals surface area contributed by atoms with Gasteiger partial charge in [0.15, 0.2) is 6.10 Å². The minimum absolute atomic E-state index is 0.0784. The highest BCUT2D eigenvalue weighted by molar-refractivity contribution is 6.01. The molecule has 0 fully saturated rings. The molecule has 0 unspecified atom stereocenters. The molecule has 224 valence electrons. The molecule has 0 radical (unpaired) electrons. The second kappa shape index (κ2) is 16.0. The maximum absolute atomic E-state index is 13.3. The Morgan fingerprint density at radius 1 is 0.907 bits per heavy atom. The molecular weight excluding hydrogens is 546 g/mol. The van der Waals surface area contributed by atoms with Crippen molar-refractivity contribution >= 4 is 39.8 Å². The van der Waals surface area contributed by atoms with Crippen LogP contribution in [-0.2, 0) is 14.3 Å². The third-order valence-electron chi connectivity index (χ3n) is 6.66. The molecule has 0 aliphatic rings. The highest BCUT2D eigenvalue weighted by Gasteiger charge is 2.30. The number of nitrogens with one attached hydrogen (secondary N) is 2. The highest BCUT2D eigenvalue weighted by atomic mass is 16.6. The zero-order chi connectivity index (χ0) is 30.4. The van der Waals surface area contributed by atoms with Gasteiger partial charge in [0.05, 0.1) is 29.8 Å². The van der Waals surface area contributed by atoms with Crippen molar-refractivity contribution in [2.75, 3.05) is 36.2 Å². The summed E-state index contributed by atoms with van der Waals surface area (Å²) in [5.74, 6) is 0.162. The molecule has 4 aromatic rings. The number of aliphatic hydroxyl groups is 1. The van der Waals surface area contributed by atoms with E-state index in [1.54, 1.807) is 42.5 Å². The Hall–Kier alpha value is -4.86. The summed E-state index contributed by atoms with van der Waals surface area (Å²) in [5.41, 5.74) is 8.15. The third kappa shape index (κ3) is 8.81. The topological polar surface area (TPSA) is 132 Å². The Morgan fingerprint density at radius 3 is 2.44 bits per heavy atom. The first kappa shape index (κ1) is 31.1. The minimum atomic E-state index is -0.851. The number of benzene rings is 4. The van der Waals surface area contributed by atoms with Gasteiger partial charge in [-0.25, -0.2) is 4.79 Å². The molecule has 0 aromatic heterocycles. The summed E-state index contributed by atoms with van der Waals surface area (Å²) in [7, 11) is 0. The molecule has 9 nitrogen and oxygen atoms in total. The summed E-state index contributed by atoms with van der Waals surface area (Å²) in [6.07, 6.45) is 2.01. The lowest BCUT2D eigenvalue weighted by atomic mass is 9.99. The molecule has 0 saturated heterocycles. The van der Waals surface area contributed by atoms with E-state index in [9.17, 15) is 14.7 Å². The summed E-state index contributed by atoms with van der Waals surface area (Å²) in [4.78, 5) is 25.8. The van der Waals surface area contributed by atoms with Crippen LogP contribution in [0.2, 0.25) is 0 Å². The number of anilines is 3. The Bertz CT molecular complexity index is 1530. The van der Waals surface area contributed by atoms with Crippen LogP contribution in [0.3, 0.4) is 0 Å². The van der Waals surface area contributed by atoms with Gasteiger partial charge in [0.2, 0.25) is 5.91 Å². The fraction of sp³-hybridized carbons (Fsp3) is 0.235. The summed E-state index contributed by atoms with van der Waals surface area (Å²) >= 11 is 0. The number of para-hydroxylation sites is 3. The zero-order valence-electron chi connectivity index (χ0n) is 24.1. The van der Waals surface area contributed by atoms with E-state index in [2.05, 4.69) is 10.6 Å². The maximum Gasteiger partial charge on any atom is 0.412 e. The summed E-state index contributed by atoms with van der Waals surface area (Å²) in [6, 6.07) is 27.6. The molecule has 0 spiro atoms. The number of nitrogens with two attached hydrogens (primary N) is 1. The van der Waals surface area contributed by atoms with E-state index in [1.807, 2.05) is 61.5 Å². The number of carbonyl (C=O) groups is 2. The van der Waals surface area contributed by atoms with Crippen molar-refractivity contribution in [2.24, 2.45) is 0 Å². The molecule has 0 heterocycles. The number of aliphatic hydroxyl groups excluding tert-OH is 1. The third-order valence-corrected chi connectivity index (χ3v) is 6.66. The molecule has 43 heavy (non-hydrogen) atoms.